The summed E-state index contributed by atoms with van der Waals surface area (Å²) < 4.78 is 0. The first-order chi connectivity index (χ1) is 7.61. The van der Waals surface area contributed by atoms with Gasteiger partial charge in [0.15, 0.2) is 0 Å². The van der Waals surface area contributed by atoms with Gasteiger partial charge in [-0.1, -0.05) is 27.5 Å². The summed E-state index contributed by atoms with van der Waals surface area (Å²) in [5.41, 5.74) is 7.17. The molecule has 1 aliphatic rings. The molecule has 1 aromatic rings. The Hall–Kier alpha value is -0.740. The van der Waals surface area contributed by atoms with Gasteiger partial charge < -0.3 is 10.6 Å². The highest BCUT2D eigenvalue weighted by atomic mass is 79.9. The average Bonchev–Trinajstić information content (AvgIpc) is 2.60. The molecule has 0 spiro atoms. The molecule has 0 aromatic heterocycles. The number of carbonyl (C=O) groups is 1. The normalized spacial score (nSPS) is 20.5. The number of nitrogens with zero attached hydrogens (tertiary/aromatic N) is 1. The zero-order valence-corrected chi connectivity index (χ0v) is 11.0. The van der Waals surface area contributed by atoms with Crippen LogP contribution in [-0.2, 0) is 4.79 Å². The first kappa shape index (κ1) is 11.7. The monoisotopic (exact) mass is 302 g/mol. The summed E-state index contributed by atoms with van der Waals surface area (Å²) >= 11 is 9.23. The van der Waals surface area contributed by atoms with E-state index in [1.165, 1.54) is 0 Å². The molecule has 1 aromatic carbocycles. The second kappa shape index (κ2) is 4.63. The third-order valence-corrected chi connectivity index (χ3v) is 3.85. The first-order valence-electron chi connectivity index (χ1n) is 5.03. The maximum atomic E-state index is 11.8. The van der Waals surface area contributed by atoms with E-state index in [1.807, 2.05) is 0 Å². The minimum Gasteiger partial charge on any atom is -0.397 e. The van der Waals surface area contributed by atoms with Gasteiger partial charge >= 0.3 is 0 Å². The second-order valence-electron chi connectivity index (χ2n) is 3.93. The minimum absolute atomic E-state index is 0.124. The van der Waals surface area contributed by atoms with Crippen molar-refractivity contribution in [3.05, 3.63) is 23.2 Å². The van der Waals surface area contributed by atoms with E-state index in [1.54, 1.807) is 23.1 Å². The van der Waals surface area contributed by atoms with Crippen molar-refractivity contribution in [2.75, 3.05) is 22.5 Å². The molecule has 5 heteroatoms. The van der Waals surface area contributed by atoms with Gasteiger partial charge in [0.25, 0.3) is 0 Å². The Morgan fingerprint density at radius 3 is 2.88 bits per heavy atom. The predicted molar refractivity (Wildman–Crippen MR) is 70.1 cm³/mol. The first-order valence-corrected chi connectivity index (χ1v) is 6.53. The number of hydrogen-bond acceptors (Lipinski definition) is 2. The van der Waals surface area contributed by atoms with Crippen molar-refractivity contribution < 1.29 is 4.79 Å². The molecular formula is C11H12BrClN2O. The summed E-state index contributed by atoms with van der Waals surface area (Å²) in [5.74, 6) is 0.487. The molecule has 2 rings (SSSR count). The van der Waals surface area contributed by atoms with Crippen molar-refractivity contribution in [3.63, 3.8) is 0 Å². The van der Waals surface area contributed by atoms with Crippen LogP contribution in [0.4, 0.5) is 11.4 Å². The van der Waals surface area contributed by atoms with Crippen molar-refractivity contribution in [2.45, 2.75) is 6.42 Å². The molecule has 1 heterocycles. The zero-order valence-electron chi connectivity index (χ0n) is 8.62. The van der Waals surface area contributed by atoms with Crippen molar-refractivity contribution in [2.24, 2.45) is 5.92 Å². The number of hydrogen-bond donors (Lipinski definition) is 1. The highest BCUT2D eigenvalue weighted by Crippen LogP contribution is 2.31. The van der Waals surface area contributed by atoms with E-state index in [0.717, 1.165) is 17.6 Å². The van der Waals surface area contributed by atoms with E-state index < -0.39 is 0 Å². The van der Waals surface area contributed by atoms with Crippen LogP contribution in [0.1, 0.15) is 6.42 Å². The topological polar surface area (TPSA) is 46.3 Å². The van der Waals surface area contributed by atoms with E-state index in [2.05, 4.69) is 15.9 Å². The van der Waals surface area contributed by atoms with Crippen molar-refractivity contribution in [1.82, 2.24) is 0 Å². The zero-order chi connectivity index (χ0) is 11.7. The van der Waals surface area contributed by atoms with Crippen LogP contribution in [0.15, 0.2) is 18.2 Å². The van der Waals surface area contributed by atoms with Crippen LogP contribution in [0.5, 0.6) is 0 Å². The Morgan fingerprint density at radius 1 is 1.56 bits per heavy atom. The predicted octanol–water partition coefficient (Wildman–Crippen LogP) is 2.67. The Labute approximate surface area is 108 Å². The van der Waals surface area contributed by atoms with E-state index in [4.69, 9.17) is 17.3 Å². The Bertz CT molecular complexity index is 424. The smallest absolute Gasteiger partial charge is 0.227 e. The molecule has 1 saturated heterocycles. The molecular weight excluding hydrogens is 291 g/mol. The van der Waals surface area contributed by atoms with Crippen molar-refractivity contribution in [3.8, 4) is 0 Å². The number of anilines is 2. The van der Waals surface area contributed by atoms with Crippen LogP contribution in [0.3, 0.4) is 0 Å². The maximum Gasteiger partial charge on any atom is 0.227 e. The lowest BCUT2D eigenvalue weighted by atomic mass is 10.2. The average molecular weight is 304 g/mol. The van der Waals surface area contributed by atoms with Gasteiger partial charge in [0, 0.05) is 23.3 Å². The lowest BCUT2D eigenvalue weighted by molar-refractivity contribution is -0.117. The number of nitrogen functional groups attached to an aromatic ring is 1. The van der Waals surface area contributed by atoms with Crippen LogP contribution >= 0.6 is 27.5 Å². The molecule has 1 aliphatic heterocycles. The molecule has 1 atom stereocenters. The van der Waals surface area contributed by atoms with Gasteiger partial charge in [-0.25, -0.2) is 0 Å². The van der Waals surface area contributed by atoms with Gasteiger partial charge in [0.1, 0.15) is 0 Å². The van der Waals surface area contributed by atoms with Gasteiger partial charge in [-0.2, -0.15) is 0 Å². The van der Waals surface area contributed by atoms with E-state index in [9.17, 15) is 4.79 Å². The molecule has 16 heavy (non-hydrogen) atoms. The lowest BCUT2D eigenvalue weighted by Gasteiger charge is -2.18. The third-order valence-electron chi connectivity index (χ3n) is 2.70. The molecule has 1 unspecified atom stereocenters. The number of benzene rings is 1. The maximum absolute atomic E-state index is 11.8. The summed E-state index contributed by atoms with van der Waals surface area (Å²) in [6.07, 6.45) is 0.577. The SMILES string of the molecule is Nc1cc(Cl)ccc1N1CC(CBr)CC1=O. The Balaban J connectivity index is 2.28. The standard InChI is InChI=1S/C11H12BrClN2O/c12-5-7-3-11(16)15(6-7)10-2-1-8(13)4-9(10)14/h1-2,4,7H,3,5-6,14H2. The largest absolute Gasteiger partial charge is 0.397 e. The quantitative estimate of drug-likeness (QED) is 0.674. The van der Waals surface area contributed by atoms with Crippen LogP contribution in [0.2, 0.25) is 5.02 Å². The summed E-state index contributed by atoms with van der Waals surface area (Å²) in [6, 6.07) is 5.22. The van der Waals surface area contributed by atoms with Crippen LogP contribution in [-0.4, -0.2) is 17.8 Å². The van der Waals surface area contributed by atoms with Gasteiger partial charge in [0.2, 0.25) is 5.91 Å². The van der Waals surface area contributed by atoms with Gasteiger partial charge in [-0.3, -0.25) is 4.79 Å². The number of halogens is 2. The molecule has 0 aliphatic carbocycles. The Kier molecular flexibility index (Phi) is 3.40. The van der Waals surface area contributed by atoms with E-state index >= 15 is 0 Å². The van der Waals surface area contributed by atoms with Gasteiger partial charge in [-0.15, -0.1) is 0 Å². The number of rotatable bonds is 2. The molecule has 1 amide bonds. The molecule has 0 radical (unpaired) electrons. The summed E-state index contributed by atoms with van der Waals surface area (Å²) in [7, 11) is 0. The van der Waals surface area contributed by atoms with E-state index in [0.29, 0.717) is 23.0 Å². The number of alkyl halides is 1. The van der Waals surface area contributed by atoms with E-state index in [-0.39, 0.29) is 5.91 Å². The van der Waals surface area contributed by atoms with Crippen molar-refractivity contribution >= 4 is 44.8 Å². The highest BCUT2D eigenvalue weighted by Gasteiger charge is 2.30. The van der Waals surface area contributed by atoms with Crippen LogP contribution in [0, 0.1) is 5.92 Å². The van der Waals surface area contributed by atoms with Crippen LogP contribution in [0.25, 0.3) is 0 Å². The molecule has 0 bridgehead atoms. The van der Waals surface area contributed by atoms with Crippen molar-refractivity contribution in [1.29, 1.82) is 0 Å². The van der Waals surface area contributed by atoms with Gasteiger partial charge in [0.05, 0.1) is 11.4 Å². The highest BCUT2D eigenvalue weighted by molar-refractivity contribution is 9.09. The van der Waals surface area contributed by atoms with Gasteiger partial charge in [-0.05, 0) is 24.1 Å². The molecule has 2 N–H and O–H groups in total. The summed E-state index contributed by atoms with van der Waals surface area (Å²) in [6.45, 7) is 0.718. The Morgan fingerprint density at radius 2 is 2.31 bits per heavy atom. The lowest BCUT2D eigenvalue weighted by Crippen LogP contribution is -2.25. The molecule has 3 nitrogen and oxygen atoms in total. The van der Waals surface area contributed by atoms with Crippen LogP contribution < -0.4 is 10.6 Å². The second-order valence-corrected chi connectivity index (χ2v) is 5.02. The molecule has 86 valence electrons. The molecule has 0 saturated carbocycles. The number of carbonyl (C=O) groups excluding carboxylic acids is 1. The number of nitrogens with two attached hydrogens (primary N) is 1. The third kappa shape index (κ3) is 2.18. The fraction of sp³-hybridized carbons (Fsp3) is 0.364. The fourth-order valence-electron chi connectivity index (χ4n) is 1.89. The molecule has 1 fully saturated rings. The summed E-state index contributed by atoms with van der Waals surface area (Å²) in [4.78, 5) is 13.5. The minimum atomic E-state index is 0.124. The summed E-state index contributed by atoms with van der Waals surface area (Å²) in [5, 5.41) is 1.42. The number of amides is 1. The fourth-order valence-corrected chi connectivity index (χ4v) is 2.50.